The predicted molar refractivity (Wildman–Crippen MR) is 144 cm³/mol. The Kier molecular flexibility index (Phi) is 8.16. The molecular formula is C25H29N4O3S2+. The number of quaternary nitrogens is 1. The number of carbonyl (C=O) groups is 1. The van der Waals surface area contributed by atoms with E-state index in [0.717, 1.165) is 22.4 Å². The molecule has 3 aromatic carbocycles. The fourth-order valence-electron chi connectivity index (χ4n) is 3.58. The summed E-state index contributed by atoms with van der Waals surface area (Å²) in [6, 6.07) is 21.5. The maximum atomic E-state index is 13.4. The fourth-order valence-corrected chi connectivity index (χ4v) is 4.13. The Morgan fingerprint density at radius 1 is 0.912 bits per heavy atom. The summed E-state index contributed by atoms with van der Waals surface area (Å²) in [6.45, 7) is 3.89. The average molecular weight is 498 g/mol. The maximum absolute atomic E-state index is 13.4. The summed E-state index contributed by atoms with van der Waals surface area (Å²) in [5.41, 5.74) is 4.58. The number of aryl methyl sites for hydroxylation is 2. The van der Waals surface area contributed by atoms with E-state index >= 15 is 0 Å². The van der Waals surface area contributed by atoms with Gasteiger partial charge in [0.15, 0.2) is 10.8 Å². The number of carbonyl (C=O) groups excluding carboxylic acids is 1. The van der Waals surface area contributed by atoms with E-state index in [-0.39, 0.29) is 14.9 Å². The van der Waals surface area contributed by atoms with Crippen LogP contribution in [0.5, 0.6) is 0 Å². The van der Waals surface area contributed by atoms with Crippen molar-refractivity contribution in [2.24, 2.45) is 0 Å². The first kappa shape index (κ1) is 25.5. The summed E-state index contributed by atoms with van der Waals surface area (Å²) in [6.07, 6.45) is 0. The van der Waals surface area contributed by atoms with E-state index in [1.807, 2.05) is 62.4 Å². The largest absolute Gasteiger partial charge is 0.363 e. The van der Waals surface area contributed by atoms with Gasteiger partial charge in [-0.1, -0.05) is 60.7 Å². The number of thiocarbonyl (C=S) groups is 1. The van der Waals surface area contributed by atoms with Crippen molar-refractivity contribution >= 4 is 51.6 Å². The van der Waals surface area contributed by atoms with Crippen LogP contribution in [0.15, 0.2) is 72.8 Å². The van der Waals surface area contributed by atoms with E-state index in [1.54, 1.807) is 38.4 Å². The standard InChI is InChI=1S/C25H28N4O3S2/c1-17-11-10-12-18(2)22(17)27-24(30)23(19-13-6-5-7-14-19)28-25(33)26-20-15-8-9-16-21(20)29(3,4)34(31)32/h5-16,23H,1-4H3,(H3-,26,27,28,30,31,32,33)/p+1. The van der Waals surface area contributed by atoms with Crippen LogP contribution < -0.4 is 19.8 Å². The molecule has 0 spiro atoms. The molecule has 9 heteroatoms. The second-order valence-electron chi connectivity index (χ2n) is 8.30. The monoisotopic (exact) mass is 497 g/mol. The van der Waals surface area contributed by atoms with Crippen LogP contribution in [0.3, 0.4) is 0 Å². The lowest BCUT2D eigenvalue weighted by Gasteiger charge is -2.26. The Balaban J connectivity index is 1.87. The lowest BCUT2D eigenvalue weighted by molar-refractivity contribution is -0.117. The molecule has 0 saturated carbocycles. The zero-order valence-electron chi connectivity index (χ0n) is 19.5. The topological polar surface area (TPSA) is 90.5 Å². The summed E-state index contributed by atoms with van der Waals surface area (Å²) in [5.74, 6) is -0.256. The molecule has 0 bridgehead atoms. The van der Waals surface area contributed by atoms with E-state index in [2.05, 4.69) is 16.0 Å². The predicted octanol–water partition coefficient (Wildman–Crippen LogP) is 4.67. The molecule has 0 aliphatic rings. The summed E-state index contributed by atoms with van der Waals surface area (Å²) >= 11 is 3.39. The molecule has 0 aromatic heterocycles. The van der Waals surface area contributed by atoms with Crippen LogP contribution in [0.25, 0.3) is 0 Å². The normalized spacial score (nSPS) is 13.0. The molecule has 2 atom stereocenters. The molecule has 1 amide bonds. The molecule has 0 saturated heterocycles. The SMILES string of the molecule is Cc1cccc(C)c1NC(=O)C(NC(=S)Nc1ccccc1[N+](C)(C)S(=O)O)c1ccccc1. The van der Waals surface area contributed by atoms with Gasteiger partial charge in [0.1, 0.15) is 11.7 Å². The number of benzene rings is 3. The first-order valence-electron chi connectivity index (χ1n) is 10.7. The molecule has 0 aliphatic carbocycles. The van der Waals surface area contributed by atoms with Gasteiger partial charge in [0.2, 0.25) is 0 Å². The third-order valence-corrected chi connectivity index (χ3v) is 6.72. The Hall–Kier alpha value is -3.11. The van der Waals surface area contributed by atoms with Gasteiger partial charge in [-0.3, -0.25) is 9.35 Å². The Morgan fingerprint density at radius 2 is 1.50 bits per heavy atom. The Bertz CT molecular complexity index is 1200. The highest BCUT2D eigenvalue weighted by molar-refractivity contribution is 7.80. The third kappa shape index (κ3) is 5.87. The number of hydrogen-bond donors (Lipinski definition) is 4. The van der Waals surface area contributed by atoms with Crippen molar-refractivity contribution in [3.05, 3.63) is 89.5 Å². The highest BCUT2D eigenvalue weighted by atomic mass is 32.2. The van der Waals surface area contributed by atoms with Crippen LogP contribution in [0, 0.1) is 13.8 Å². The number of anilines is 2. The molecule has 7 nitrogen and oxygen atoms in total. The molecule has 178 valence electrons. The van der Waals surface area contributed by atoms with Gasteiger partial charge >= 0.3 is 11.3 Å². The van der Waals surface area contributed by atoms with Crippen molar-refractivity contribution in [2.75, 3.05) is 24.7 Å². The average Bonchev–Trinajstić information content (AvgIpc) is 2.80. The quantitative estimate of drug-likeness (QED) is 0.215. The second-order valence-corrected chi connectivity index (χ2v) is 10.1. The summed E-state index contributed by atoms with van der Waals surface area (Å²) in [7, 11) is 3.25. The van der Waals surface area contributed by atoms with Crippen LogP contribution in [0.4, 0.5) is 17.1 Å². The molecule has 0 fully saturated rings. The van der Waals surface area contributed by atoms with Gasteiger partial charge in [-0.05, 0) is 48.8 Å². The van der Waals surface area contributed by atoms with Crippen LogP contribution in [0.2, 0.25) is 0 Å². The lowest BCUT2D eigenvalue weighted by atomic mass is 10.0. The number of nitrogens with one attached hydrogen (secondary N) is 3. The number of rotatable bonds is 7. The van der Waals surface area contributed by atoms with Crippen LogP contribution in [-0.2, 0) is 16.1 Å². The summed E-state index contributed by atoms with van der Waals surface area (Å²) in [5, 5.41) is 9.45. The zero-order valence-corrected chi connectivity index (χ0v) is 21.2. The molecular weight excluding hydrogens is 468 g/mol. The minimum atomic E-state index is -2.16. The van der Waals surface area contributed by atoms with Gasteiger partial charge in [-0.15, -0.1) is 0 Å². The van der Waals surface area contributed by atoms with Crippen LogP contribution in [0.1, 0.15) is 22.7 Å². The van der Waals surface area contributed by atoms with Crippen molar-refractivity contribution in [1.29, 1.82) is 0 Å². The van der Waals surface area contributed by atoms with E-state index in [1.165, 1.54) is 0 Å². The summed E-state index contributed by atoms with van der Waals surface area (Å²) in [4.78, 5) is 13.4. The molecule has 3 aromatic rings. The number of para-hydroxylation sites is 3. The fraction of sp³-hybridized carbons (Fsp3) is 0.200. The summed E-state index contributed by atoms with van der Waals surface area (Å²) < 4.78 is 21.4. The van der Waals surface area contributed by atoms with Crippen molar-refractivity contribution < 1.29 is 13.6 Å². The smallest absolute Gasteiger partial charge is 0.347 e. The molecule has 3 rings (SSSR count). The van der Waals surface area contributed by atoms with E-state index in [0.29, 0.717) is 11.4 Å². The van der Waals surface area contributed by atoms with E-state index in [9.17, 15) is 13.6 Å². The molecule has 2 unspecified atom stereocenters. The molecule has 4 N–H and O–H groups in total. The zero-order chi connectivity index (χ0) is 24.9. The number of amides is 1. The lowest BCUT2D eigenvalue weighted by Crippen LogP contribution is -2.43. The van der Waals surface area contributed by atoms with Gasteiger partial charge in [0.05, 0.1) is 14.1 Å². The van der Waals surface area contributed by atoms with Crippen molar-refractivity contribution in [3.8, 4) is 0 Å². The molecule has 0 aliphatic heterocycles. The molecule has 0 radical (unpaired) electrons. The van der Waals surface area contributed by atoms with Gasteiger partial charge < -0.3 is 16.0 Å². The van der Waals surface area contributed by atoms with Crippen molar-refractivity contribution in [3.63, 3.8) is 0 Å². The number of nitrogens with zero attached hydrogens (tertiary/aromatic N) is 1. The van der Waals surface area contributed by atoms with Crippen LogP contribution >= 0.6 is 12.2 Å². The van der Waals surface area contributed by atoms with Gasteiger partial charge in [0.25, 0.3) is 5.91 Å². The minimum Gasteiger partial charge on any atom is -0.347 e. The van der Waals surface area contributed by atoms with Gasteiger partial charge in [-0.25, -0.2) is 0 Å². The molecule has 34 heavy (non-hydrogen) atoms. The first-order valence-corrected chi connectivity index (χ1v) is 12.1. The van der Waals surface area contributed by atoms with Crippen molar-refractivity contribution in [1.82, 2.24) is 9.21 Å². The van der Waals surface area contributed by atoms with E-state index < -0.39 is 17.3 Å². The first-order chi connectivity index (χ1) is 16.1. The Morgan fingerprint density at radius 3 is 2.12 bits per heavy atom. The van der Waals surface area contributed by atoms with Crippen molar-refractivity contribution in [2.45, 2.75) is 19.9 Å². The van der Waals surface area contributed by atoms with Gasteiger partial charge in [-0.2, -0.15) is 8.10 Å². The highest BCUT2D eigenvalue weighted by Crippen LogP contribution is 2.30. The minimum absolute atomic E-state index is 0.210. The van der Waals surface area contributed by atoms with Crippen LogP contribution in [-0.4, -0.2) is 33.9 Å². The van der Waals surface area contributed by atoms with Gasteiger partial charge in [0, 0.05) is 11.8 Å². The molecule has 0 heterocycles. The highest BCUT2D eigenvalue weighted by Gasteiger charge is 2.30. The number of hydrogen-bond acceptors (Lipinski definition) is 3. The third-order valence-electron chi connectivity index (χ3n) is 5.52. The van der Waals surface area contributed by atoms with E-state index in [4.69, 9.17) is 12.2 Å². The second kappa shape index (κ2) is 10.9. The maximum Gasteiger partial charge on any atom is 0.363 e. The Labute approximate surface area is 208 Å².